The van der Waals surface area contributed by atoms with Gasteiger partial charge in [0.1, 0.15) is 6.17 Å². The van der Waals surface area contributed by atoms with Gasteiger partial charge in [-0.2, -0.15) is 0 Å². The summed E-state index contributed by atoms with van der Waals surface area (Å²) in [6, 6.07) is 0. The van der Waals surface area contributed by atoms with E-state index in [0.717, 1.165) is 30.6 Å². The van der Waals surface area contributed by atoms with E-state index in [1.54, 1.807) is 0 Å². The second-order valence-corrected chi connectivity index (χ2v) is 9.24. The van der Waals surface area contributed by atoms with Crippen molar-refractivity contribution in [1.29, 1.82) is 0 Å². The van der Waals surface area contributed by atoms with Gasteiger partial charge in [0, 0.05) is 0 Å². The summed E-state index contributed by atoms with van der Waals surface area (Å²) in [4.78, 5) is 0. The second kappa shape index (κ2) is 10.1. The molecular weight excluding hydrogens is 303 g/mol. The van der Waals surface area contributed by atoms with Gasteiger partial charge in [-0.25, -0.2) is 4.39 Å². The molecule has 0 heterocycles. The Kier molecular flexibility index (Phi) is 9.22. The molecule has 3 heteroatoms. The van der Waals surface area contributed by atoms with Crippen molar-refractivity contribution in [3.05, 3.63) is 0 Å². The number of rotatable bonds is 3. The molecule has 0 bridgehead atoms. The first-order valence-electron chi connectivity index (χ1n) is 10.3. The molecule has 144 valence electrons. The summed E-state index contributed by atoms with van der Waals surface area (Å²) in [6.45, 7) is 4.64. The molecule has 24 heavy (non-hydrogen) atoms. The van der Waals surface area contributed by atoms with E-state index in [1.165, 1.54) is 64.2 Å². The average Bonchev–Trinajstić information content (AvgIpc) is 2.51. The van der Waals surface area contributed by atoms with E-state index in [1.807, 2.05) is 0 Å². The predicted molar refractivity (Wildman–Crippen MR) is 99.8 cm³/mol. The SMILES string of the molecule is CC1CCC(CC2CCC(C3CCC(C)CC3F)CC2)CC1.O.O. The Labute approximate surface area is 148 Å². The molecule has 0 radical (unpaired) electrons. The van der Waals surface area contributed by atoms with Gasteiger partial charge in [0.05, 0.1) is 0 Å². The smallest absolute Gasteiger partial charge is 0.103 e. The van der Waals surface area contributed by atoms with Crippen LogP contribution in [0.3, 0.4) is 0 Å². The Morgan fingerprint density at radius 1 is 0.667 bits per heavy atom. The lowest BCUT2D eigenvalue weighted by atomic mass is 9.67. The van der Waals surface area contributed by atoms with Crippen LogP contribution in [0.5, 0.6) is 0 Å². The molecule has 0 aromatic rings. The zero-order chi connectivity index (χ0) is 15.5. The predicted octanol–water partition coefficient (Wildman–Crippen LogP) is 5.13. The van der Waals surface area contributed by atoms with Crippen molar-refractivity contribution in [2.45, 2.75) is 97.1 Å². The Morgan fingerprint density at radius 2 is 1.17 bits per heavy atom. The molecule has 3 aliphatic carbocycles. The van der Waals surface area contributed by atoms with Crippen LogP contribution in [0.1, 0.15) is 90.9 Å². The lowest BCUT2D eigenvalue weighted by Crippen LogP contribution is -2.33. The van der Waals surface area contributed by atoms with Crippen LogP contribution in [0.15, 0.2) is 0 Å². The monoisotopic (exact) mass is 344 g/mol. The van der Waals surface area contributed by atoms with E-state index in [-0.39, 0.29) is 11.0 Å². The van der Waals surface area contributed by atoms with E-state index in [9.17, 15) is 4.39 Å². The van der Waals surface area contributed by atoms with Crippen LogP contribution in [0.4, 0.5) is 4.39 Å². The molecule has 3 atom stereocenters. The van der Waals surface area contributed by atoms with Crippen molar-refractivity contribution < 1.29 is 15.3 Å². The Balaban J connectivity index is 0.00000144. The molecule has 3 saturated carbocycles. The lowest BCUT2D eigenvalue weighted by molar-refractivity contribution is 0.0590. The molecule has 0 aromatic heterocycles. The fourth-order valence-corrected chi connectivity index (χ4v) is 5.75. The van der Waals surface area contributed by atoms with Gasteiger partial charge in [-0.3, -0.25) is 0 Å². The molecule has 3 aliphatic rings. The van der Waals surface area contributed by atoms with Crippen molar-refractivity contribution in [3.63, 3.8) is 0 Å². The molecule has 0 aromatic carbocycles. The molecular formula is C21H41FO2. The number of halogens is 1. The molecule has 3 unspecified atom stereocenters. The molecule has 3 rings (SSSR count). The highest BCUT2D eigenvalue weighted by Crippen LogP contribution is 2.44. The summed E-state index contributed by atoms with van der Waals surface area (Å²) in [5, 5.41) is 0. The third kappa shape index (κ3) is 5.69. The molecule has 2 nitrogen and oxygen atoms in total. The lowest BCUT2D eigenvalue weighted by Gasteiger charge is -2.40. The van der Waals surface area contributed by atoms with Gasteiger partial charge < -0.3 is 11.0 Å². The van der Waals surface area contributed by atoms with Crippen LogP contribution in [-0.4, -0.2) is 17.1 Å². The molecule has 0 amide bonds. The first-order chi connectivity index (χ1) is 10.6. The highest BCUT2D eigenvalue weighted by atomic mass is 19.1. The van der Waals surface area contributed by atoms with Crippen LogP contribution in [-0.2, 0) is 0 Å². The van der Waals surface area contributed by atoms with Gasteiger partial charge >= 0.3 is 0 Å². The van der Waals surface area contributed by atoms with E-state index < -0.39 is 6.17 Å². The number of hydrogen-bond acceptors (Lipinski definition) is 0. The molecule has 3 fully saturated rings. The first kappa shape index (κ1) is 21.9. The quantitative estimate of drug-likeness (QED) is 0.681. The summed E-state index contributed by atoms with van der Waals surface area (Å²) in [5.74, 6) is 4.70. The highest BCUT2D eigenvalue weighted by Gasteiger charge is 2.36. The maximum Gasteiger partial charge on any atom is 0.103 e. The van der Waals surface area contributed by atoms with Crippen molar-refractivity contribution in [3.8, 4) is 0 Å². The number of hydrogen-bond donors (Lipinski definition) is 0. The highest BCUT2D eigenvalue weighted by molar-refractivity contribution is 4.87. The largest absolute Gasteiger partial charge is 0.412 e. The van der Waals surface area contributed by atoms with E-state index >= 15 is 0 Å². The van der Waals surface area contributed by atoms with Crippen molar-refractivity contribution in [2.24, 2.45) is 35.5 Å². The summed E-state index contributed by atoms with van der Waals surface area (Å²) >= 11 is 0. The van der Waals surface area contributed by atoms with E-state index in [0.29, 0.717) is 17.8 Å². The third-order valence-corrected chi connectivity index (χ3v) is 7.38. The normalized spacial score (nSPS) is 43.4. The maximum absolute atomic E-state index is 14.4. The van der Waals surface area contributed by atoms with Gasteiger partial charge in [-0.1, -0.05) is 58.8 Å². The second-order valence-electron chi connectivity index (χ2n) is 9.24. The Morgan fingerprint density at radius 3 is 1.71 bits per heavy atom. The van der Waals surface area contributed by atoms with Crippen LogP contribution in [0, 0.1) is 35.5 Å². The van der Waals surface area contributed by atoms with Crippen LogP contribution in [0.2, 0.25) is 0 Å². The minimum Gasteiger partial charge on any atom is -0.412 e. The molecule has 4 N–H and O–H groups in total. The van der Waals surface area contributed by atoms with Gasteiger partial charge in [0.2, 0.25) is 0 Å². The van der Waals surface area contributed by atoms with Crippen LogP contribution < -0.4 is 0 Å². The van der Waals surface area contributed by atoms with Crippen molar-refractivity contribution >= 4 is 0 Å². The summed E-state index contributed by atoms with van der Waals surface area (Å²) < 4.78 is 14.4. The van der Waals surface area contributed by atoms with E-state index in [4.69, 9.17) is 0 Å². The standard InChI is InChI=1S/C21H37F.2H2O/c1-15-3-6-17(7-4-15)14-18-8-10-19(11-9-18)20-12-5-16(2)13-21(20)22;;/h15-21H,3-14H2,1-2H3;2*1H2. The van der Waals surface area contributed by atoms with Gasteiger partial charge in [-0.05, 0) is 67.6 Å². The summed E-state index contributed by atoms with van der Waals surface area (Å²) in [7, 11) is 0. The van der Waals surface area contributed by atoms with Gasteiger partial charge in [0.25, 0.3) is 0 Å². The van der Waals surface area contributed by atoms with Gasteiger partial charge in [0.15, 0.2) is 0 Å². The topological polar surface area (TPSA) is 63.0 Å². The molecule has 0 aliphatic heterocycles. The maximum atomic E-state index is 14.4. The average molecular weight is 345 g/mol. The zero-order valence-corrected chi connectivity index (χ0v) is 15.9. The number of alkyl halides is 1. The zero-order valence-electron chi connectivity index (χ0n) is 15.9. The Bertz CT molecular complexity index is 333. The fourth-order valence-electron chi connectivity index (χ4n) is 5.75. The first-order valence-corrected chi connectivity index (χ1v) is 10.3. The molecule has 0 spiro atoms. The summed E-state index contributed by atoms with van der Waals surface area (Å²) in [5.41, 5.74) is 0. The van der Waals surface area contributed by atoms with Crippen LogP contribution >= 0.6 is 0 Å². The van der Waals surface area contributed by atoms with E-state index in [2.05, 4.69) is 13.8 Å². The summed E-state index contributed by atoms with van der Waals surface area (Å²) in [6.07, 6.45) is 15.6. The minimum atomic E-state index is -0.495. The van der Waals surface area contributed by atoms with Gasteiger partial charge in [-0.15, -0.1) is 0 Å². The molecule has 0 saturated heterocycles. The van der Waals surface area contributed by atoms with Crippen LogP contribution in [0.25, 0.3) is 0 Å². The Hall–Kier alpha value is -0.150. The fraction of sp³-hybridized carbons (Fsp3) is 1.00. The van der Waals surface area contributed by atoms with Crippen molar-refractivity contribution in [1.82, 2.24) is 0 Å². The minimum absolute atomic E-state index is 0. The third-order valence-electron chi connectivity index (χ3n) is 7.38. The van der Waals surface area contributed by atoms with Crippen molar-refractivity contribution in [2.75, 3.05) is 0 Å².